The Morgan fingerprint density at radius 2 is 1.62 bits per heavy atom. The van der Waals surface area contributed by atoms with Gasteiger partial charge in [0.05, 0.1) is 6.10 Å². The molecular formula is C36H64O3. The number of allylic oxidation sites excluding steroid dienone is 1. The van der Waals surface area contributed by atoms with Gasteiger partial charge in [0.2, 0.25) is 0 Å². The van der Waals surface area contributed by atoms with Crippen LogP contribution in [0, 0.1) is 46.3 Å². The van der Waals surface area contributed by atoms with Crippen LogP contribution in [-0.4, -0.2) is 37.6 Å². The summed E-state index contributed by atoms with van der Waals surface area (Å²) in [6, 6.07) is 0. The Kier molecular flexibility index (Phi) is 11.9. The third kappa shape index (κ3) is 7.53. The first-order valence-electron chi connectivity index (χ1n) is 17.3. The van der Waals surface area contributed by atoms with Gasteiger partial charge in [-0.2, -0.15) is 0 Å². The average molecular weight is 545 g/mol. The molecule has 39 heavy (non-hydrogen) atoms. The van der Waals surface area contributed by atoms with Crippen molar-refractivity contribution in [1.29, 1.82) is 0 Å². The topological polar surface area (TPSA) is 38.7 Å². The SMILES string of the molecule is CC(C)CCCC(C)C1CCC2C3CC=C4CC(OCCCCCCOCCCO)CCC4(C)C3CCC12C. The van der Waals surface area contributed by atoms with Crippen LogP contribution in [0.3, 0.4) is 0 Å². The lowest BCUT2D eigenvalue weighted by atomic mass is 9.47. The number of hydrogen-bond acceptors (Lipinski definition) is 3. The van der Waals surface area contributed by atoms with E-state index in [4.69, 9.17) is 14.6 Å². The zero-order chi connectivity index (χ0) is 27.9. The van der Waals surface area contributed by atoms with E-state index in [1.165, 1.54) is 89.9 Å². The van der Waals surface area contributed by atoms with Crippen LogP contribution < -0.4 is 0 Å². The van der Waals surface area contributed by atoms with E-state index in [-0.39, 0.29) is 6.61 Å². The number of ether oxygens (including phenoxy) is 2. The number of hydrogen-bond donors (Lipinski definition) is 1. The Hall–Kier alpha value is -0.380. The van der Waals surface area contributed by atoms with Crippen molar-refractivity contribution >= 4 is 0 Å². The highest BCUT2D eigenvalue weighted by molar-refractivity contribution is 5.25. The molecule has 1 N–H and O–H groups in total. The van der Waals surface area contributed by atoms with Crippen LogP contribution >= 0.6 is 0 Å². The van der Waals surface area contributed by atoms with Gasteiger partial charge in [-0.3, -0.25) is 0 Å². The van der Waals surface area contributed by atoms with E-state index < -0.39 is 0 Å². The lowest BCUT2D eigenvalue weighted by Crippen LogP contribution is -2.51. The number of fused-ring (bicyclic) bond motifs is 5. The van der Waals surface area contributed by atoms with Crippen LogP contribution in [0.4, 0.5) is 0 Å². The molecule has 0 aromatic carbocycles. The molecule has 0 saturated heterocycles. The largest absolute Gasteiger partial charge is 0.396 e. The van der Waals surface area contributed by atoms with Crippen molar-refractivity contribution < 1.29 is 14.6 Å². The average Bonchev–Trinajstić information content (AvgIpc) is 3.27. The third-order valence-corrected chi connectivity index (χ3v) is 12.2. The Bertz CT molecular complexity index is 760. The molecule has 0 amide bonds. The van der Waals surface area contributed by atoms with E-state index in [0.29, 0.717) is 23.5 Å². The normalized spacial score (nSPS) is 36.8. The fraction of sp³-hybridized carbons (Fsp3) is 0.944. The molecule has 3 fully saturated rings. The predicted octanol–water partition coefficient (Wildman–Crippen LogP) is 9.37. The maximum atomic E-state index is 8.81. The standard InChI is InChI=1S/C36H64O3/c1-27(2)12-10-13-28(3)32-16-17-33-31-15-14-29-26-30(39-25-9-7-6-8-23-38-24-11-22-37)18-20-35(29,4)34(31)19-21-36(32,33)5/h14,27-28,30-34,37H,6-13,15-26H2,1-5H3. The van der Waals surface area contributed by atoms with Gasteiger partial charge in [-0.15, -0.1) is 0 Å². The second-order valence-corrected chi connectivity index (χ2v) is 15.1. The van der Waals surface area contributed by atoms with Gasteiger partial charge in [-0.05, 0) is 117 Å². The van der Waals surface area contributed by atoms with Gasteiger partial charge in [0.25, 0.3) is 0 Å². The van der Waals surface area contributed by atoms with Crippen LogP contribution in [0.25, 0.3) is 0 Å². The summed E-state index contributed by atoms with van der Waals surface area (Å²) >= 11 is 0. The number of rotatable bonds is 16. The van der Waals surface area contributed by atoms with Gasteiger partial charge >= 0.3 is 0 Å². The molecule has 4 aliphatic rings. The van der Waals surface area contributed by atoms with Crippen molar-refractivity contribution in [3.8, 4) is 0 Å². The van der Waals surface area contributed by atoms with E-state index >= 15 is 0 Å². The smallest absolute Gasteiger partial charge is 0.0612 e. The zero-order valence-corrected chi connectivity index (χ0v) is 26.5. The zero-order valence-electron chi connectivity index (χ0n) is 26.5. The molecule has 226 valence electrons. The minimum atomic E-state index is 0.230. The first kappa shape index (κ1) is 31.6. The van der Waals surface area contributed by atoms with E-state index in [9.17, 15) is 0 Å². The minimum absolute atomic E-state index is 0.230. The molecule has 3 heteroatoms. The molecule has 8 unspecified atom stereocenters. The Morgan fingerprint density at radius 1 is 0.846 bits per heavy atom. The van der Waals surface area contributed by atoms with Gasteiger partial charge in [0, 0.05) is 26.4 Å². The maximum Gasteiger partial charge on any atom is 0.0612 e. The Labute approximate surface area is 242 Å². The Morgan fingerprint density at radius 3 is 2.38 bits per heavy atom. The molecule has 0 aliphatic heterocycles. The van der Waals surface area contributed by atoms with Crippen LogP contribution in [-0.2, 0) is 9.47 Å². The van der Waals surface area contributed by atoms with Crippen LogP contribution in [0.15, 0.2) is 11.6 Å². The molecule has 0 heterocycles. The van der Waals surface area contributed by atoms with Gasteiger partial charge < -0.3 is 14.6 Å². The molecule has 0 aromatic rings. The van der Waals surface area contributed by atoms with Gasteiger partial charge in [0.15, 0.2) is 0 Å². The summed E-state index contributed by atoms with van der Waals surface area (Å²) in [4.78, 5) is 0. The Balaban J connectivity index is 1.23. The fourth-order valence-corrected chi connectivity index (χ4v) is 9.97. The number of unbranched alkanes of at least 4 members (excludes halogenated alkanes) is 3. The molecule has 8 atom stereocenters. The lowest BCUT2D eigenvalue weighted by Gasteiger charge is -2.58. The molecule has 0 spiro atoms. The van der Waals surface area contributed by atoms with Crippen molar-refractivity contribution in [2.24, 2.45) is 46.3 Å². The minimum Gasteiger partial charge on any atom is -0.396 e. The molecule has 4 aliphatic carbocycles. The fourth-order valence-electron chi connectivity index (χ4n) is 9.97. The van der Waals surface area contributed by atoms with Crippen LogP contribution in [0.2, 0.25) is 0 Å². The summed E-state index contributed by atoms with van der Waals surface area (Å²) in [5.74, 6) is 5.50. The van der Waals surface area contributed by atoms with Crippen molar-refractivity contribution in [2.75, 3.05) is 26.4 Å². The van der Waals surface area contributed by atoms with Crippen molar-refractivity contribution in [1.82, 2.24) is 0 Å². The van der Waals surface area contributed by atoms with Crippen molar-refractivity contribution in [3.05, 3.63) is 11.6 Å². The van der Waals surface area contributed by atoms with E-state index in [1.807, 2.05) is 0 Å². The molecule has 0 radical (unpaired) electrons. The predicted molar refractivity (Wildman–Crippen MR) is 164 cm³/mol. The van der Waals surface area contributed by atoms with Crippen molar-refractivity contribution in [3.63, 3.8) is 0 Å². The highest BCUT2D eigenvalue weighted by Gasteiger charge is 2.59. The molecule has 3 saturated carbocycles. The van der Waals surface area contributed by atoms with Gasteiger partial charge in [-0.1, -0.05) is 78.4 Å². The molecule has 0 aromatic heterocycles. The first-order valence-corrected chi connectivity index (χ1v) is 17.3. The number of aliphatic hydroxyl groups excluding tert-OH is 1. The van der Waals surface area contributed by atoms with E-state index in [1.54, 1.807) is 5.57 Å². The van der Waals surface area contributed by atoms with Crippen LogP contribution in [0.5, 0.6) is 0 Å². The monoisotopic (exact) mass is 544 g/mol. The second kappa shape index (κ2) is 14.7. The first-order chi connectivity index (χ1) is 18.8. The molecule has 3 nitrogen and oxygen atoms in total. The summed E-state index contributed by atoms with van der Waals surface area (Å²) in [7, 11) is 0. The highest BCUT2D eigenvalue weighted by Crippen LogP contribution is 2.67. The van der Waals surface area contributed by atoms with E-state index in [0.717, 1.165) is 61.6 Å². The summed E-state index contributed by atoms with van der Waals surface area (Å²) in [5, 5.41) is 8.81. The second-order valence-electron chi connectivity index (χ2n) is 15.1. The highest BCUT2D eigenvalue weighted by atomic mass is 16.5. The molecule has 0 bridgehead atoms. The summed E-state index contributed by atoms with van der Waals surface area (Å²) < 4.78 is 12.0. The van der Waals surface area contributed by atoms with Crippen molar-refractivity contribution in [2.45, 2.75) is 143 Å². The maximum absolute atomic E-state index is 8.81. The van der Waals surface area contributed by atoms with E-state index in [2.05, 4.69) is 40.7 Å². The van der Waals surface area contributed by atoms with Gasteiger partial charge in [-0.25, -0.2) is 0 Å². The lowest BCUT2D eigenvalue weighted by molar-refractivity contribution is -0.0641. The molecular weight excluding hydrogens is 480 g/mol. The summed E-state index contributed by atoms with van der Waals surface area (Å²) in [6.45, 7) is 15.4. The quantitative estimate of drug-likeness (QED) is 0.155. The van der Waals surface area contributed by atoms with Gasteiger partial charge in [0.1, 0.15) is 0 Å². The summed E-state index contributed by atoms with van der Waals surface area (Å²) in [6.07, 6.45) is 24.0. The number of aliphatic hydroxyl groups is 1. The summed E-state index contributed by atoms with van der Waals surface area (Å²) in [5.41, 5.74) is 2.79. The van der Waals surface area contributed by atoms with Crippen LogP contribution in [0.1, 0.15) is 137 Å². The third-order valence-electron chi connectivity index (χ3n) is 12.2. The molecule has 4 rings (SSSR count).